The van der Waals surface area contributed by atoms with Crippen molar-refractivity contribution in [3.63, 3.8) is 0 Å². The summed E-state index contributed by atoms with van der Waals surface area (Å²) in [5.74, 6) is 0.401. The van der Waals surface area contributed by atoms with Crippen LogP contribution >= 0.6 is 0 Å². The second-order valence-electron chi connectivity index (χ2n) is 8.00. The molecule has 2 atom stereocenters. The zero-order chi connectivity index (χ0) is 19.6. The molecule has 0 aromatic heterocycles. The lowest BCUT2D eigenvalue weighted by Crippen LogP contribution is -2.34. The highest BCUT2D eigenvalue weighted by molar-refractivity contribution is 5.83. The van der Waals surface area contributed by atoms with Crippen LogP contribution in [0.4, 0.5) is 4.79 Å². The Morgan fingerprint density at radius 1 is 1.15 bits per heavy atom. The summed E-state index contributed by atoms with van der Waals surface area (Å²) in [6.45, 7) is 8.10. The van der Waals surface area contributed by atoms with Gasteiger partial charge in [-0.25, -0.2) is 4.79 Å². The van der Waals surface area contributed by atoms with Gasteiger partial charge in [0.1, 0.15) is 11.4 Å². The molecule has 0 spiro atoms. The number of rotatable bonds is 10. The Balaban J connectivity index is 2.17. The molecule has 1 aromatic rings. The monoisotopic (exact) mass is 362 g/mol. The largest absolute Gasteiger partial charge is 0.444 e. The van der Waals surface area contributed by atoms with E-state index in [0.717, 1.165) is 19.3 Å². The third-order valence-corrected chi connectivity index (χ3v) is 4.00. The van der Waals surface area contributed by atoms with Crippen molar-refractivity contribution in [3.8, 4) is 0 Å². The van der Waals surface area contributed by atoms with Gasteiger partial charge in [-0.1, -0.05) is 37.3 Å². The first-order valence-electron chi connectivity index (χ1n) is 9.46. The first-order valence-corrected chi connectivity index (χ1v) is 9.46. The van der Waals surface area contributed by atoms with Crippen LogP contribution < -0.4 is 11.1 Å². The quantitative estimate of drug-likeness (QED) is 0.620. The predicted octanol–water partition coefficient (Wildman–Crippen LogP) is 3.85. The number of carbonyl (C=O) groups is 2. The number of hydrogen-bond donors (Lipinski definition) is 2. The minimum atomic E-state index is -0.491. The highest BCUT2D eigenvalue weighted by atomic mass is 16.6. The minimum Gasteiger partial charge on any atom is -0.444 e. The van der Waals surface area contributed by atoms with Gasteiger partial charge in [0.15, 0.2) is 0 Å². The van der Waals surface area contributed by atoms with Gasteiger partial charge in [-0.2, -0.15) is 0 Å². The molecule has 0 radical (unpaired) electrons. The van der Waals surface area contributed by atoms with E-state index in [4.69, 9.17) is 10.5 Å². The van der Waals surface area contributed by atoms with Gasteiger partial charge in [0, 0.05) is 13.0 Å². The molecule has 0 heterocycles. The predicted molar refractivity (Wildman–Crippen MR) is 105 cm³/mol. The number of unbranched alkanes of at least 4 members (excludes halogenated alkanes) is 1. The first kappa shape index (κ1) is 22.2. The van der Waals surface area contributed by atoms with E-state index in [9.17, 15) is 9.59 Å². The number of ether oxygens (including phenoxy) is 1. The molecule has 0 saturated heterocycles. The van der Waals surface area contributed by atoms with E-state index < -0.39 is 17.7 Å². The lowest BCUT2D eigenvalue weighted by Gasteiger charge is -2.19. The lowest BCUT2D eigenvalue weighted by atomic mass is 9.92. The van der Waals surface area contributed by atoms with Crippen molar-refractivity contribution in [1.29, 1.82) is 0 Å². The van der Waals surface area contributed by atoms with E-state index in [-0.39, 0.29) is 11.7 Å². The molecule has 1 aromatic carbocycles. The van der Waals surface area contributed by atoms with Crippen LogP contribution in [0.1, 0.15) is 58.9 Å². The summed E-state index contributed by atoms with van der Waals surface area (Å²) >= 11 is 0. The number of benzene rings is 1. The molecule has 5 heteroatoms. The molecule has 0 aliphatic heterocycles. The summed E-state index contributed by atoms with van der Waals surface area (Å²) < 4.78 is 5.17. The Morgan fingerprint density at radius 3 is 2.42 bits per heavy atom. The molecule has 146 valence electrons. The number of ketones is 1. The number of nitrogens with one attached hydrogen (secondary N) is 1. The number of Topliss-reactive ketones (excluding diaryl/α,β-unsaturated/α-hetero) is 1. The maximum atomic E-state index is 12.3. The van der Waals surface area contributed by atoms with E-state index in [2.05, 4.69) is 24.4 Å². The van der Waals surface area contributed by atoms with Gasteiger partial charge in [-0.05, 0) is 57.9 Å². The average molecular weight is 363 g/mol. The zero-order valence-corrected chi connectivity index (χ0v) is 16.6. The van der Waals surface area contributed by atoms with Crippen LogP contribution in [0.5, 0.6) is 0 Å². The van der Waals surface area contributed by atoms with Gasteiger partial charge in [0.25, 0.3) is 0 Å². The third-order valence-electron chi connectivity index (χ3n) is 4.00. The van der Waals surface area contributed by atoms with Gasteiger partial charge < -0.3 is 15.8 Å². The summed E-state index contributed by atoms with van der Waals surface area (Å²) in [5.41, 5.74) is 6.78. The smallest absolute Gasteiger partial charge is 0.407 e. The van der Waals surface area contributed by atoms with Gasteiger partial charge in [0.2, 0.25) is 0 Å². The van der Waals surface area contributed by atoms with Crippen molar-refractivity contribution in [3.05, 3.63) is 35.9 Å². The fourth-order valence-corrected chi connectivity index (χ4v) is 2.74. The third kappa shape index (κ3) is 10.2. The number of amides is 1. The van der Waals surface area contributed by atoms with E-state index in [1.807, 2.05) is 39.0 Å². The molecule has 0 aliphatic carbocycles. The maximum Gasteiger partial charge on any atom is 0.407 e. The Morgan fingerprint density at radius 2 is 1.81 bits per heavy atom. The van der Waals surface area contributed by atoms with Crippen LogP contribution in [0, 0.1) is 5.92 Å². The van der Waals surface area contributed by atoms with Crippen molar-refractivity contribution in [2.24, 2.45) is 11.7 Å². The summed E-state index contributed by atoms with van der Waals surface area (Å²) in [7, 11) is 0. The molecule has 0 unspecified atom stereocenters. The lowest BCUT2D eigenvalue weighted by molar-refractivity contribution is -0.121. The zero-order valence-electron chi connectivity index (χ0n) is 16.6. The Kier molecular flexibility index (Phi) is 9.35. The molecule has 1 amide bonds. The van der Waals surface area contributed by atoms with Crippen LogP contribution in [-0.2, 0) is 16.0 Å². The van der Waals surface area contributed by atoms with Crippen LogP contribution in [0.25, 0.3) is 0 Å². The highest BCUT2D eigenvalue weighted by Crippen LogP contribution is 2.14. The molecule has 26 heavy (non-hydrogen) atoms. The molecule has 1 rings (SSSR count). The summed E-state index contributed by atoms with van der Waals surface area (Å²) in [6.07, 6.45) is 3.21. The van der Waals surface area contributed by atoms with Crippen molar-refractivity contribution in [2.45, 2.75) is 71.4 Å². The molecule has 0 aliphatic rings. The molecule has 0 fully saturated rings. The Hall–Kier alpha value is -1.88. The van der Waals surface area contributed by atoms with E-state index >= 15 is 0 Å². The molecule has 5 nitrogen and oxygen atoms in total. The topological polar surface area (TPSA) is 81.4 Å². The highest BCUT2D eigenvalue weighted by Gasteiger charge is 2.17. The van der Waals surface area contributed by atoms with E-state index in [1.165, 1.54) is 5.56 Å². The van der Waals surface area contributed by atoms with Gasteiger partial charge in [-0.15, -0.1) is 0 Å². The van der Waals surface area contributed by atoms with Crippen LogP contribution in [0.15, 0.2) is 30.3 Å². The van der Waals surface area contributed by atoms with Crippen molar-refractivity contribution in [2.75, 3.05) is 6.54 Å². The minimum absolute atomic E-state index is 0.119. The second-order valence-corrected chi connectivity index (χ2v) is 8.00. The van der Waals surface area contributed by atoms with Crippen LogP contribution in [0.2, 0.25) is 0 Å². The number of alkyl carbamates (subject to hydrolysis) is 1. The van der Waals surface area contributed by atoms with E-state index in [1.54, 1.807) is 0 Å². The summed E-state index contributed by atoms with van der Waals surface area (Å²) in [5, 5.41) is 2.71. The van der Waals surface area contributed by atoms with Crippen molar-refractivity contribution in [1.82, 2.24) is 5.32 Å². The van der Waals surface area contributed by atoms with Crippen LogP contribution in [-0.4, -0.2) is 30.1 Å². The number of hydrogen-bond acceptors (Lipinski definition) is 4. The van der Waals surface area contributed by atoms with Crippen molar-refractivity contribution >= 4 is 11.9 Å². The fourth-order valence-electron chi connectivity index (χ4n) is 2.74. The average Bonchev–Trinajstić information content (AvgIpc) is 2.53. The number of carbonyl (C=O) groups excluding carboxylic acids is 2. The normalized spacial score (nSPS) is 13.7. The van der Waals surface area contributed by atoms with E-state index in [0.29, 0.717) is 19.4 Å². The fraction of sp³-hybridized carbons (Fsp3) is 0.619. The van der Waals surface area contributed by atoms with Crippen molar-refractivity contribution < 1.29 is 14.3 Å². The first-order chi connectivity index (χ1) is 12.2. The van der Waals surface area contributed by atoms with Gasteiger partial charge in [-0.3, -0.25) is 4.79 Å². The van der Waals surface area contributed by atoms with Gasteiger partial charge >= 0.3 is 6.09 Å². The molecular formula is C21H34N2O3. The molecule has 3 N–H and O–H groups in total. The second kappa shape index (κ2) is 11.0. The number of nitrogens with two attached hydrogens (primary N) is 1. The molecule has 0 saturated carbocycles. The SMILES string of the molecule is C[C@H](CC(=O)[C@@H](N)CCCCNC(=O)OC(C)(C)C)Cc1ccccc1. The molecule has 0 bridgehead atoms. The standard InChI is InChI=1S/C21H34N2O3/c1-16(14-17-10-6-5-7-11-17)15-19(24)18(22)12-8-9-13-23-20(25)26-21(2,3)4/h5-7,10-11,16,18H,8-9,12-15,22H2,1-4H3,(H,23,25)/t16-,18-/m0/s1. The van der Waals surface area contributed by atoms with Crippen LogP contribution in [0.3, 0.4) is 0 Å². The maximum absolute atomic E-state index is 12.3. The Bertz CT molecular complexity index is 552. The summed E-state index contributed by atoms with van der Waals surface area (Å²) in [4.78, 5) is 23.8. The summed E-state index contributed by atoms with van der Waals surface area (Å²) in [6, 6.07) is 9.76. The molecular weight excluding hydrogens is 328 g/mol. The Labute approximate surface area is 157 Å². The van der Waals surface area contributed by atoms with Gasteiger partial charge in [0.05, 0.1) is 6.04 Å².